The number of hydrogen-bond acceptors (Lipinski definition) is 4. The molecule has 0 unspecified atom stereocenters. The molecule has 2 aromatic carbocycles. The lowest BCUT2D eigenvalue weighted by Gasteiger charge is -2.06. The number of benzene rings is 2. The first kappa shape index (κ1) is 13.6. The van der Waals surface area contributed by atoms with E-state index in [2.05, 4.69) is 4.98 Å². The van der Waals surface area contributed by atoms with Crippen LogP contribution in [-0.2, 0) is 0 Å². The van der Waals surface area contributed by atoms with Crippen LogP contribution < -0.4 is 4.74 Å². The highest BCUT2D eigenvalue weighted by Crippen LogP contribution is 2.33. The summed E-state index contributed by atoms with van der Waals surface area (Å²) in [5.74, 6) is 2.19. The van der Waals surface area contributed by atoms with Gasteiger partial charge in [0, 0.05) is 17.2 Å². The summed E-state index contributed by atoms with van der Waals surface area (Å²) in [6, 6.07) is 15.5. The Bertz CT molecular complexity index is 968. The first-order valence-corrected chi connectivity index (χ1v) is 7.35. The molecule has 114 valence electrons. The zero-order valence-corrected chi connectivity index (χ0v) is 12.9. The minimum Gasteiger partial charge on any atom is -0.497 e. The summed E-state index contributed by atoms with van der Waals surface area (Å²) < 4.78 is 16.7. The van der Waals surface area contributed by atoms with Crippen LogP contribution in [0, 0.1) is 6.92 Å². The number of aromatic nitrogens is 1. The SMILES string of the molecule is COc1ccc2oc(-c3cccc(-c4ccco4)c3C)nc2c1. The molecule has 0 atom stereocenters. The van der Waals surface area contributed by atoms with Crippen molar-refractivity contribution < 1.29 is 13.6 Å². The maximum atomic E-state index is 5.91. The van der Waals surface area contributed by atoms with E-state index in [9.17, 15) is 0 Å². The number of nitrogens with zero attached hydrogens (tertiary/aromatic N) is 1. The molecule has 4 aromatic rings. The molecule has 0 aliphatic heterocycles. The van der Waals surface area contributed by atoms with E-state index in [1.165, 1.54) is 0 Å². The normalized spacial score (nSPS) is 11.0. The highest BCUT2D eigenvalue weighted by atomic mass is 16.5. The Labute approximate surface area is 133 Å². The molecule has 0 fully saturated rings. The quantitative estimate of drug-likeness (QED) is 0.530. The Balaban J connectivity index is 1.86. The minimum atomic E-state index is 0.596. The molecule has 0 aliphatic carbocycles. The third-order valence-electron chi connectivity index (χ3n) is 3.95. The molecule has 0 radical (unpaired) electrons. The average molecular weight is 305 g/mol. The number of rotatable bonds is 3. The first-order valence-electron chi connectivity index (χ1n) is 7.35. The average Bonchev–Trinajstić information content (AvgIpc) is 3.23. The van der Waals surface area contributed by atoms with Gasteiger partial charge in [0.15, 0.2) is 5.58 Å². The fourth-order valence-corrected chi connectivity index (χ4v) is 2.72. The van der Waals surface area contributed by atoms with Gasteiger partial charge in [0.2, 0.25) is 5.89 Å². The Kier molecular flexibility index (Phi) is 3.15. The number of fused-ring (bicyclic) bond motifs is 1. The van der Waals surface area contributed by atoms with Crippen molar-refractivity contribution in [3.63, 3.8) is 0 Å². The van der Waals surface area contributed by atoms with Gasteiger partial charge in [-0.25, -0.2) is 4.98 Å². The third kappa shape index (κ3) is 2.28. The van der Waals surface area contributed by atoms with Crippen LogP contribution in [0.25, 0.3) is 33.9 Å². The molecule has 4 rings (SSSR count). The third-order valence-corrected chi connectivity index (χ3v) is 3.95. The van der Waals surface area contributed by atoms with Gasteiger partial charge in [0.05, 0.1) is 13.4 Å². The Morgan fingerprint density at radius 3 is 2.65 bits per heavy atom. The van der Waals surface area contributed by atoms with Gasteiger partial charge in [-0.3, -0.25) is 0 Å². The van der Waals surface area contributed by atoms with Crippen LogP contribution >= 0.6 is 0 Å². The van der Waals surface area contributed by atoms with Gasteiger partial charge in [0.1, 0.15) is 17.0 Å². The van der Waals surface area contributed by atoms with E-state index >= 15 is 0 Å². The van der Waals surface area contributed by atoms with Crippen molar-refractivity contribution >= 4 is 11.1 Å². The van der Waals surface area contributed by atoms with Crippen LogP contribution in [0.2, 0.25) is 0 Å². The van der Waals surface area contributed by atoms with Crippen LogP contribution in [0.3, 0.4) is 0 Å². The van der Waals surface area contributed by atoms with Gasteiger partial charge in [-0.2, -0.15) is 0 Å². The summed E-state index contributed by atoms with van der Waals surface area (Å²) in [5, 5.41) is 0. The van der Waals surface area contributed by atoms with Gasteiger partial charge in [-0.05, 0) is 42.8 Å². The lowest BCUT2D eigenvalue weighted by molar-refractivity contribution is 0.415. The molecule has 23 heavy (non-hydrogen) atoms. The van der Waals surface area contributed by atoms with E-state index in [4.69, 9.17) is 13.6 Å². The van der Waals surface area contributed by atoms with Crippen LogP contribution in [-0.4, -0.2) is 12.1 Å². The predicted octanol–water partition coefficient (Wildman–Crippen LogP) is 5.07. The largest absolute Gasteiger partial charge is 0.497 e. The summed E-state index contributed by atoms with van der Waals surface area (Å²) in [7, 11) is 1.64. The molecule has 4 nitrogen and oxygen atoms in total. The summed E-state index contributed by atoms with van der Waals surface area (Å²) in [6.07, 6.45) is 1.67. The zero-order chi connectivity index (χ0) is 15.8. The number of hydrogen-bond donors (Lipinski definition) is 0. The lowest BCUT2D eigenvalue weighted by atomic mass is 10.0. The standard InChI is InChI=1S/C19H15NO3/c1-12-14(17-7-4-10-22-17)5-3-6-15(12)19-20-16-11-13(21-2)8-9-18(16)23-19/h3-11H,1-2H3. The Morgan fingerprint density at radius 2 is 1.87 bits per heavy atom. The van der Waals surface area contributed by atoms with E-state index in [0.29, 0.717) is 5.89 Å². The first-order chi connectivity index (χ1) is 11.3. The molecular weight excluding hydrogens is 290 g/mol. The van der Waals surface area contributed by atoms with Crippen molar-refractivity contribution in [1.82, 2.24) is 4.98 Å². The molecule has 2 aromatic heterocycles. The van der Waals surface area contributed by atoms with Gasteiger partial charge >= 0.3 is 0 Å². The lowest BCUT2D eigenvalue weighted by Crippen LogP contribution is -1.87. The van der Waals surface area contributed by atoms with E-state index in [1.54, 1.807) is 13.4 Å². The molecule has 0 bridgehead atoms. The van der Waals surface area contributed by atoms with Gasteiger partial charge in [-0.1, -0.05) is 12.1 Å². The van der Waals surface area contributed by atoms with E-state index in [-0.39, 0.29) is 0 Å². The van der Waals surface area contributed by atoms with Gasteiger partial charge in [-0.15, -0.1) is 0 Å². The van der Waals surface area contributed by atoms with Gasteiger partial charge < -0.3 is 13.6 Å². The Morgan fingerprint density at radius 1 is 1.00 bits per heavy atom. The molecule has 2 heterocycles. The maximum absolute atomic E-state index is 5.91. The number of oxazole rings is 1. The van der Waals surface area contributed by atoms with Crippen LogP contribution in [0.4, 0.5) is 0 Å². The smallest absolute Gasteiger partial charge is 0.227 e. The fraction of sp³-hybridized carbons (Fsp3) is 0.105. The van der Waals surface area contributed by atoms with Crippen molar-refractivity contribution in [3.8, 4) is 28.5 Å². The second-order valence-corrected chi connectivity index (χ2v) is 5.31. The molecule has 0 N–H and O–H groups in total. The molecule has 0 amide bonds. The minimum absolute atomic E-state index is 0.596. The van der Waals surface area contributed by atoms with E-state index in [0.717, 1.165) is 39.3 Å². The monoisotopic (exact) mass is 305 g/mol. The van der Waals surface area contributed by atoms with Crippen molar-refractivity contribution in [3.05, 3.63) is 60.4 Å². The molecule has 0 spiro atoms. The fourth-order valence-electron chi connectivity index (χ4n) is 2.72. The van der Waals surface area contributed by atoms with Crippen LogP contribution in [0.1, 0.15) is 5.56 Å². The number of furan rings is 1. The Hall–Kier alpha value is -3.01. The number of ether oxygens (including phenoxy) is 1. The number of methoxy groups -OCH3 is 1. The molecule has 0 saturated heterocycles. The van der Waals surface area contributed by atoms with Crippen molar-refractivity contribution in [2.45, 2.75) is 6.92 Å². The highest BCUT2D eigenvalue weighted by molar-refractivity contribution is 5.80. The second kappa shape index (κ2) is 5.32. The predicted molar refractivity (Wildman–Crippen MR) is 88.4 cm³/mol. The highest BCUT2D eigenvalue weighted by Gasteiger charge is 2.15. The van der Waals surface area contributed by atoms with E-state index in [1.807, 2.05) is 55.5 Å². The van der Waals surface area contributed by atoms with Crippen molar-refractivity contribution in [1.29, 1.82) is 0 Å². The second-order valence-electron chi connectivity index (χ2n) is 5.31. The molecule has 0 saturated carbocycles. The molecule has 4 heteroatoms. The zero-order valence-electron chi connectivity index (χ0n) is 12.9. The molecular formula is C19H15NO3. The summed E-state index contributed by atoms with van der Waals surface area (Å²) >= 11 is 0. The van der Waals surface area contributed by atoms with Crippen molar-refractivity contribution in [2.75, 3.05) is 7.11 Å². The van der Waals surface area contributed by atoms with E-state index < -0.39 is 0 Å². The molecule has 0 aliphatic rings. The topological polar surface area (TPSA) is 48.4 Å². The van der Waals surface area contributed by atoms with Gasteiger partial charge in [0.25, 0.3) is 0 Å². The summed E-state index contributed by atoms with van der Waals surface area (Å²) in [4.78, 5) is 4.60. The summed E-state index contributed by atoms with van der Waals surface area (Å²) in [5.41, 5.74) is 4.58. The maximum Gasteiger partial charge on any atom is 0.227 e. The summed E-state index contributed by atoms with van der Waals surface area (Å²) in [6.45, 7) is 2.04. The van der Waals surface area contributed by atoms with Crippen LogP contribution in [0.15, 0.2) is 63.6 Å². The van der Waals surface area contributed by atoms with Crippen LogP contribution in [0.5, 0.6) is 5.75 Å². The van der Waals surface area contributed by atoms with Crippen molar-refractivity contribution in [2.24, 2.45) is 0 Å².